The van der Waals surface area contributed by atoms with Crippen molar-refractivity contribution in [1.29, 1.82) is 0 Å². The third-order valence-corrected chi connectivity index (χ3v) is 22.5. The summed E-state index contributed by atoms with van der Waals surface area (Å²) in [6, 6.07) is 122. The molecule has 4 aromatic heterocycles. The van der Waals surface area contributed by atoms with Crippen molar-refractivity contribution < 1.29 is 4.42 Å². The number of rotatable bonds is 8. The lowest BCUT2D eigenvalue weighted by Crippen LogP contribution is -2.28. The van der Waals surface area contributed by atoms with Crippen molar-refractivity contribution in [1.82, 2.24) is 19.9 Å². The number of hydrogen-bond acceptors (Lipinski definition) is 6. The molecule has 0 bridgehead atoms. The molecule has 478 valence electrons. The van der Waals surface area contributed by atoms with Crippen LogP contribution < -0.4 is 0 Å². The predicted octanol–water partition coefficient (Wildman–Crippen LogP) is 25.4. The third-order valence-electron chi connectivity index (χ3n) is 21.5. The van der Waals surface area contributed by atoms with Crippen LogP contribution in [0.3, 0.4) is 0 Å². The molecule has 6 heteroatoms. The summed E-state index contributed by atoms with van der Waals surface area (Å²) in [5.74, 6) is 0. The molecule has 21 rings (SSSR count). The average Bonchev–Trinajstić information content (AvgIpc) is 1.52. The van der Waals surface area contributed by atoms with Crippen LogP contribution in [-0.2, 0) is 10.8 Å². The Morgan fingerprint density at radius 2 is 0.745 bits per heavy atom. The van der Waals surface area contributed by atoms with E-state index in [9.17, 15) is 0 Å². The number of para-hydroxylation sites is 1. The zero-order chi connectivity index (χ0) is 67.6. The second kappa shape index (κ2) is 23.5. The van der Waals surface area contributed by atoms with Crippen LogP contribution in [0.5, 0.6) is 0 Å². The van der Waals surface area contributed by atoms with Gasteiger partial charge in [-0.3, -0.25) is 0 Å². The summed E-state index contributed by atoms with van der Waals surface area (Å²) >= 11 is 1.70. The zero-order valence-corrected chi connectivity index (χ0v) is 56.8. The topological polar surface area (TPSA) is 64.7 Å². The molecule has 0 unspecified atom stereocenters. The minimum atomic E-state index is -0.441. The first kappa shape index (κ1) is 59.3. The Bertz CT molecular complexity index is 6540. The van der Waals surface area contributed by atoms with Crippen LogP contribution in [0, 0.1) is 0 Å². The maximum Gasteiger partial charge on any atom is 0.246 e. The Morgan fingerprint density at radius 1 is 0.284 bits per heavy atom. The van der Waals surface area contributed by atoms with Gasteiger partial charge >= 0.3 is 0 Å². The van der Waals surface area contributed by atoms with Crippen molar-refractivity contribution in [3.05, 3.63) is 373 Å². The average molecular weight is 1320 g/mol. The molecule has 0 spiro atoms. The van der Waals surface area contributed by atoms with Crippen LogP contribution in [0.25, 0.3) is 164 Å². The highest BCUT2D eigenvalue weighted by Gasteiger charge is 2.47. The highest BCUT2D eigenvalue weighted by atomic mass is 32.1. The lowest BCUT2D eigenvalue weighted by molar-refractivity contribution is 0.653. The van der Waals surface area contributed by atoms with Crippen LogP contribution in [0.15, 0.2) is 344 Å². The second-order valence-electron chi connectivity index (χ2n) is 27.4. The van der Waals surface area contributed by atoms with Crippen molar-refractivity contribution in [3.63, 3.8) is 0 Å². The molecule has 0 aliphatic heterocycles. The third kappa shape index (κ3) is 9.23. The fourth-order valence-electron chi connectivity index (χ4n) is 16.9. The van der Waals surface area contributed by atoms with E-state index in [4.69, 9.17) is 24.4 Å². The van der Waals surface area contributed by atoms with Gasteiger partial charge in [0.25, 0.3) is 0 Å². The largest absolute Gasteiger partial charge is 0.436 e. The fourth-order valence-corrected chi connectivity index (χ4v) is 17.9. The molecule has 0 N–H and O–H groups in total. The summed E-state index contributed by atoms with van der Waals surface area (Å²) in [6.07, 6.45) is 0. The Hall–Kier alpha value is -12.7. The molecule has 2 aliphatic carbocycles. The number of fused-ring (bicyclic) bond motifs is 17. The van der Waals surface area contributed by atoms with Gasteiger partial charge < -0.3 is 4.42 Å². The van der Waals surface area contributed by atoms with Gasteiger partial charge in [-0.15, -0.1) is 11.3 Å². The number of furan rings is 1. The molecule has 102 heavy (non-hydrogen) atoms. The van der Waals surface area contributed by atoms with E-state index in [1.54, 1.807) is 11.3 Å². The molecular formula is C96H62N4OS. The van der Waals surface area contributed by atoms with Crippen molar-refractivity contribution in [2.75, 3.05) is 0 Å². The number of aromatic nitrogens is 4. The van der Waals surface area contributed by atoms with Crippen LogP contribution in [0.2, 0.25) is 0 Å². The van der Waals surface area contributed by atoms with Gasteiger partial charge in [-0.25, -0.2) is 19.9 Å². The van der Waals surface area contributed by atoms with Gasteiger partial charge in [0.2, 0.25) is 5.71 Å². The summed E-state index contributed by atoms with van der Waals surface area (Å²) in [7, 11) is 0. The molecule has 5 nitrogen and oxygen atoms in total. The van der Waals surface area contributed by atoms with Crippen molar-refractivity contribution >= 4 is 86.3 Å². The predicted molar refractivity (Wildman–Crippen MR) is 424 cm³/mol. The van der Waals surface area contributed by atoms with Crippen molar-refractivity contribution in [2.24, 2.45) is 0 Å². The highest BCUT2D eigenvalue weighted by Crippen LogP contribution is 2.59. The van der Waals surface area contributed by atoms with E-state index in [0.29, 0.717) is 5.71 Å². The number of nitrogens with zero attached hydrogens (tertiary/aromatic N) is 4. The summed E-state index contributed by atoms with van der Waals surface area (Å²) < 4.78 is 7.39. The van der Waals surface area contributed by atoms with E-state index in [2.05, 4.69) is 311 Å². The van der Waals surface area contributed by atoms with Gasteiger partial charge in [0.05, 0.1) is 22.5 Å². The minimum absolute atomic E-state index is 0.0553. The molecule has 0 fully saturated rings. The molecule has 0 saturated heterocycles. The normalized spacial score (nSPS) is 13.2. The van der Waals surface area contributed by atoms with E-state index >= 15 is 0 Å². The van der Waals surface area contributed by atoms with Crippen LogP contribution >= 0.6 is 11.3 Å². The monoisotopic (exact) mass is 1320 g/mol. The smallest absolute Gasteiger partial charge is 0.246 e. The van der Waals surface area contributed by atoms with Crippen LogP contribution in [-0.4, -0.2) is 19.9 Å². The van der Waals surface area contributed by atoms with Gasteiger partial charge in [0.1, 0.15) is 27.1 Å². The van der Waals surface area contributed by atoms with E-state index in [1.807, 2.05) is 42.5 Å². The molecule has 0 saturated carbocycles. The highest BCUT2D eigenvalue weighted by molar-refractivity contribution is 7.25. The quantitative estimate of drug-likeness (QED) is 0.152. The maximum absolute atomic E-state index is 6.19. The SMILES string of the molecule is CC1(C)c2ccccc2-c2ccc3cc(-c4ccc(-c5nc6c(nc5-c5ccccc5)oc5ccccc56)c5ccccc45)ccc3c21.c1ccc(-c2nc3sc4ccccc4c3nc2-c2ccc(-c3ccc4c5c(ccc4c3)-c3ccccc3C5(c3ccccc3)c3ccccc3)cc2)cc1. The summed E-state index contributed by atoms with van der Waals surface area (Å²) in [5.41, 5.74) is 28.3. The minimum Gasteiger partial charge on any atom is -0.436 e. The maximum atomic E-state index is 6.19. The van der Waals surface area contributed by atoms with Crippen LogP contribution in [0.1, 0.15) is 47.2 Å². The van der Waals surface area contributed by atoms with Gasteiger partial charge in [-0.1, -0.05) is 323 Å². The first-order valence-electron chi connectivity index (χ1n) is 34.9. The Labute approximate surface area is 594 Å². The summed E-state index contributed by atoms with van der Waals surface area (Å²) in [4.78, 5) is 21.9. The zero-order valence-electron chi connectivity index (χ0n) is 55.9. The second-order valence-corrected chi connectivity index (χ2v) is 28.4. The first-order valence-corrected chi connectivity index (χ1v) is 35.7. The first-order chi connectivity index (χ1) is 50.3. The molecule has 0 atom stereocenters. The molecule has 0 radical (unpaired) electrons. The molecule has 0 amide bonds. The van der Waals surface area contributed by atoms with E-state index in [0.717, 1.165) is 88.2 Å². The molecule has 19 aromatic rings. The van der Waals surface area contributed by atoms with Crippen LogP contribution in [0.4, 0.5) is 0 Å². The standard InChI is InChI=1S/C51H32N2S.C45H30N2O/c1-4-14-34(15-5-1)48-47(52-49-43-21-11-13-23-45(43)54-50(49)53-48)35-26-24-33(25-27-35)36-28-30-40-37(32-36)29-31-42-41-20-10-12-22-44(41)51(46(40)42,38-16-6-2-7-17-38)39-18-8-3-9-19-39;1-45(2)38-18-10-8-16-34(38)35-23-21-29-26-28(20-22-31(29)40(35)45)30-24-25-36(33-15-7-6-14-32(30)33)42-41(27-12-4-3-5-13-27)47-44-43(46-42)37-17-9-11-19-39(37)48-44/h1-32H;3-26H,1-2H3. The molecule has 15 aromatic carbocycles. The van der Waals surface area contributed by atoms with E-state index < -0.39 is 5.41 Å². The number of hydrogen-bond donors (Lipinski definition) is 0. The lowest BCUT2D eigenvalue weighted by Gasteiger charge is -2.34. The number of thiophene rings is 1. The van der Waals surface area contributed by atoms with E-state index in [-0.39, 0.29) is 5.41 Å². The fraction of sp³-hybridized carbons (Fsp3) is 0.0417. The Balaban J connectivity index is 0.000000138. The van der Waals surface area contributed by atoms with Gasteiger partial charge in [-0.2, -0.15) is 0 Å². The van der Waals surface area contributed by atoms with Gasteiger partial charge in [-0.05, 0) is 141 Å². The van der Waals surface area contributed by atoms with Gasteiger partial charge in [0.15, 0.2) is 0 Å². The summed E-state index contributed by atoms with van der Waals surface area (Å²) in [5, 5.41) is 9.52. The summed E-state index contributed by atoms with van der Waals surface area (Å²) in [6.45, 7) is 4.71. The lowest BCUT2D eigenvalue weighted by atomic mass is 9.66. The Morgan fingerprint density at radius 3 is 1.43 bits per heavy atom. The molecule has 2 aliphatic rings. The van der Waals surface area contributed by atoms with Crippen molar-refractivity contribution in [3.8, 4) is 89.5 Å². The Kier molecular flexibility index (Phi) is 13.6. The number of benzene rings is 15. The van der Waals surface area contributed by atoms with Crippen molar-refractivity contribution in [2.45, 2.75) is 24.7 Å². The molecule has 4 heterocycles. The van der Waals surface area contributed by atoms with Gasteiger partial charge in [0, 0.05) is 43.1 Å². The van der Waals surface area contributed by atoms with E-state index in [1.165, 1.54) is 104 Å². The molecular weight excluding hydrogens is 1260 g/mol.